The average Bonchev–Trinajstić information content (AvgIpc) is 2.24. The van der Waals surface area contributed by atoms with Gasteiger partial charge in [0.05, 0.1) is 10.6 Å². The summed E-state index contributed by atoms with van der Waals surface area (Å²) in [5, 5.41) is 3.09. The van der Waals surface area contributed by atoms with Gasteiger partial charge in [-0.15, -0.1) is 0 Å². The van der Waals surface area contributed by atoms with E-state index in [2.05, 4.69) is 12.2 Å². The number of benzene rings is 1. The number of hydrogen-bond acceptors (Lipinski definition) is 3. The van der Waals surface area contributed by atoms with E-state index in [0.717, 1.165) is 19.5 Å². The molecule has 1 fully saturated rings. The predicted molar refractivity (Wildman–Crippen MR) is 64.2 cm³/mol. The second-order valence-corrected chi connectivity index (χ2v) is 6.34. The van der Waals surface area contributed by atoms with Gasteiger partial charge in [-0.1, -0.05) is 19.1 Å². The first kappa shape index (κ1) is 11.6. The Morgan fingerprint density at radius 1 is 1.25 bits per heavy atom. The minimum absolute atomic E-state index is 0.269. The molecule has 1 aromatic rings. The van der Waals surface area contributed by atoms with Crippen LogP contribution in [0.2, 0.25) is 0 Å². The van der Waals surface area contributed by atoms with E-state index in [4.69, 9.17) is 0 Å². The van der Waals surface area contributed by atoms with Gasteiger partial charge in [0.25, 0.3) is 0 Å². The summed E-state index contributed by atoms with van der Waals surface area (Å²) in [7, 11) is -3.09. The maximum Gasteiger partial charge on any atom is 0.178 e. The Hall–Kier alpha value is -0.870. The Kier molecular flexibility index (Phi) is 3.30. The Bertz CT molecular complexity index is 446. The van der Waals surface area contributed by atoms with Gasteiger partial charge >= 0.3 is 0 Å². The fourth-order valence-electron chi connectivity index (χ4n) is 1.81. The van der Waals surface area contributed by atoms with Gasteiger partial charge in [-0.25, -0.2) is 8.42 Å². The number of aryl methyl sites for hydroxylation is 1. The van der Waals surface area contributed by atoms with Gasteiger partial charge in [0.2, 0.25) is 0 Å². The first-order valence-electron chi connectivity index (χ1n) is 5.64. The molecule has 1 aliphatic rings. The minimum Gasteiger partial charge on any atom is -0.316 e. The maximum atomic E-state index is 12.0. The van der Waals surface area contributed by atoms with Crippen molar-refractivity contribution in [3.63, 3.8) is 0 Å². The molecular formula is C12H17NO2S. The highest BCUT2D eigenvalue weighted by molar-refractivity contribution is 7.91. The summed E-state index contributed by atoms with van der Waals surface area (Å²) < 4.78 is 24.0. The lowest BCUT2D eigenvalue weighted by Gasteiger charge is -2.26. The van der Waals surface area contributed by atoms with Crippen LogP contribution in [0.25, 0.3) is 0 Å². The van der Waals surface area contributed by atoms with Crippen LogP contribution in [-0.4, -0.2) is 27.3 Å². The molecule has 0 spiro atoms. The molecule has 0 saturated carbocycles. The summed E-state index contributed by atoms with van der Waals surface area (Å²) >= 11 is 0. The predicted octanol–water partition coefficient (Wildman–Crippen LogP) is 1.24. The molecule has 16 heavy (non-hydrogen) atoms. The third-order valence-corrected chi connectivity index (χ3v) is 4.91. The van der Waals surface area contributed by atoms with Gasteiger partial charge in [0.1, 0.15) is 0 Å². The molecule has 88 valence electrons. The second kappa shape index (κ2) is 4.55. The quantitative estimate of drug-likeness (QED) is 0.860. The molecule has 0 aromatic heterocycles. The van der Waals surface area contributed by atoms with Gasteiger partial charge in [-0.3, -0.25) is 0 Å². The zero-order valence-corrected chi connectivity index (χ0v) is 10.3. The van der Waals surface area contributed by atoms with Crippen LogP contribution < -0.4 is 5.32 Å². The lowest BCUT2D eigenvalue weighted by Crippen LogP contribution is -2.45. The summed E-state index contributed by atoms with van der Waals surface area (Å²) in [4.78, 5) is 0.455. The lowest BCUT2D eigenvalue weighted by molar-refractivity contribution is 0.378. The molecule has 3 nitrogen and oxygen atoms in total. The third-order valence-electron chi connectivity index (χ3n) is 3.01. The summed E-state index contributed by atoms with van der Waals surface area (Å²) in [5.41, 5.74) is 1.17. The molecular weight excluding hydrogens is 222 g/mol. The van der Waals surface area contributed by atoms with Crippen molar-refractivity contribution in [1.29, 1.82) is 0 Å². The Morgan fingerprint density at radius 3 is 2.31 bits per heavy atom. The van der Waals surface area contributed by atoms with Crippen LogP contribution in [0.1, 0.15) is 12.5 Å². The number of sulfone groups is 1. The molecule has 1 saturated heterocycles. The minimum atomic E-state index is -3.09. The van der Waals surface area contributed by atoms with Gasteiger partial charge in [-0.2, -0.15) is 0 Å². The fraction of sp³-hybridized carbons (Fsp3) is 0.500. The van der Waals surface area contributed by atoms with Crippen molar-refractivity contribution in [3.05, 3.63) is 29.8 Å². The summed E-state index contributed by atoms with van der Waals surface area (Å²) in [6.45, 7) is 3.71. The van der Waals surface area contributed by atoms with Crippen LogP contribution in [0.15, 0.2) is 29.2 Å². The van der Waals surface area contributed by atoms with Crippen LogP contribution in [0.3, 0.4) is 0 Å². The van der Waals surface area contributed by atoms with Crippen molar-refractivity contribution >= 4 is 9.84 Å². The third kappa shape index (κ3) is 2.44. The summed E-state index contributed by atoms with van der Waals surface area (Å²) in [6, 6.07) is 7.23. The second-order valence-electron chi connectivity index (χ2n) is 4.30. The largest absolute Gasteiger partial charge is 0.316 e. The molecule has 0 amide bonds. The van der Waals surface area contributed by atoms with Gasteiger partial charge in [0.15, 0.2) is 9.84 Å². The Balaban J connectivity index is 2.14. The zero-order valence-electron chi connectivity index (χ0n) is 9.44. The van der Waals surface area contributed by atoms with Crippen molar-refractivity contribution in [2.75, 3.05) is 18.8 Å². The molecule has 0 atom stereocenters. The SMILES string of the molecule is CCc1ccc(S(=O)(=O)CC2CNC2)cc1. The maximum absolute atomic E-state index is 12.0. The molecule has 2 rings (SSSR count). The van der Waals surface area contributed by atoms with Crippen molar-refractivity contribution < 1.29 is 8.42 Å². The average molecular weight is 239 g/mol. The molecule has 0 bridgehead atoms. The topological polar surface area (TPSA) is 46.2 Å². The van der Waals surface area contributed by atoms with Crippen LogP contribution >= 0.6 is 0 Å². The van der Waals surface area contributed by atoms with Crippen molar-refractivity contribution in [3.8, 4) is 0 Å². The van der Waals surface area contributed by atoms with E-state index in [0.29, 0.717) is 4.90 Å². The monoisotopic (exact) mass is 239 g/mol. The Labute approximate surface area is 96.8 Å². The molecule has 1 aromatic carbocycles. The van der Waals surface area contributed by atoms with E-state index in [9.17, 15) is 8.42 Å². The fourth-order valence-corrected chi connectivity index (χ4v) is 3.40. The molecule has 1 N–H and O–H groups in total. The van der Waals surface area contributed by atoms with E-state index in [1.165, 1.54) is 5.56 Å². The van der Waals surface area contributed by atoms with E-state index in [-0.39, 0.29) is 11.7 Å². The van der Waals surface area contributed by atoms with Gasteiger partial charge in [-0.05, 0) is 30.0 Å². The van der Waals surface area contributed by atoms with Crippen LogP contribution in [-0.2, 0) is 16.3 Å². The van der Waals surface area contributed by atoms with E-state index in [1.807, 2.05) is 12.1 Å². The number of rotatable bonds is 4. The highest BCUT2D eigenvalue weighted by atomic mass is 32.2. The van der Waals surface area contributed by atoms with Crippen LogP contribution in [0.4, 0.5) is 0 Å². The van der Waals surface area contributed by atoms with Crippen molar-refractivity contribution in [1.82, 2.24) is 5.32 Å². The normalized spacial score (nSPS) is 17.1. The molecule has 0 aliphatic carbocycles. The van der Waals surface area contributed by atoms with Crippen molar-refractivity contribution in [2.24, 2.45) is 5.92 Å². The van der Waals surface area contributed by atoms with Crippen molar-refractivity contribution in [2.45, 2.75) is 18.2 Å². The molecule has 0 unspecified atom stereocenters. The first-order chi connectivity index (χ1) is 7.62. The highest BCUT2D eigenvalue weighted by Gasteiger charge is 2.25. The number of nitrogens with one attached hydrogen (secondary N) is 1. The van der Waals surface area contributed by atoms with E-state index >= 15 is 0 Å². The molecule has 1 heterocycles. The first-order valence-corrected chi connectivity index (χ1v) is 7.29. The van der Waals surface area contributed by atoms with Crippen LogP contribution in [0.5, 0.6) is 0 Å². The van der Waals surface area contributed by atoms with Gasteiger partial charge < -0.3 is 5.32 Å². The lowest BCUT2D eigenvalue weighted by atomic mass is 10.1. The Morgan fingerprint density at radius 2 is 1.88 bits per heavy atom. The molecule has 1 aliphatic heterocycles. The zero-order chi connectivity index (χ0) is 11.6. The summed E-state index contributed by atoms with van der Waals surface area (Å²) in [5.74, 6) is 0.557. The van der Waals surface area contributed by atoms with E-state index in [1.54, 1.807) is 12.1 Å². The molecule has 4 heteroatoms. The smallest absolute Gasteiger partial charge is 0.178 e. The summed E-state index contributed by atoms with van der Waals surface area (Å²) in [6.07, 6.45) is 0.937. The van der Waals surface area contributed by atoms with Crippen LogP contribution in [0, 0.1) is 5.92 Å². The molecule has 0 radical (unpaired) electrons. The number of hydrogen-bond donors (Lipinski definition) is 1. The highest BCUT2D eigenvalue weighted by Crippen LogP contribution is 2.17. The van der Waals surface area contributed by atoms with Gasteiger partial charge in [0, 0.05) is 13.1 Å². The van der Waals surface area contributed by atoms with E-state index < -0.39 is 9.84 Å². The standard InChI is InChI=1S/C12H17NO2S/c1-2-10-3-5-12(6-4-10)16(14,15)9-11-7-13-8-11/h3-6,11,13H,2,7-9H2,1H3.